The van der Waals surface area contributed by atoms with E-state index in [0.717, 1.165) is 29.3 Å². The number of nitrogens with zero attached hydrogens (tertiary/aromatic N) is 1. The van der Waals surface area contributed by atoms with Gasteiger partial charge in [-0.3, -0.25) is 0 Å². The number of ether oxygens (including phenoxy) is 2. The first kappa shape index (κ1) is 14.2. The fraction of sp³-hybridized carbons (Fsp3) is 0.312. The van der Waals surface area contributed by atoms with Gasteiger partial charge in [-0.25, -0.2) is 4.98 Å². The van der Waals surface area contributed by atoms with Crippen molar-refractivity contribution in [2.24, 2.45) is 0 Å². The molecule has 0 saturated heterocycles. The molecule has 0 amide bonds. The minimum absolute atomic E-state index is 0.490. The Hall–Kier alpha value is -2.23. The van der Waals surface area contributed by atoms with Gasteiger partial charge in [0.15, 0.2) is 11.5 Å². The largest absolute Gasteiger partial charge is 0.490 e. The zero-order valence-electron chi connectivity index (χ0n) is 11.9. The molecule has 0 aliphatic carbocycles. The highest BCUT2D eigenvalue weighted by Crippen LogP contribution is 2.27. The zero-order valence-corrected chi connectivity index (χ0v) is 11.9. The van der Waals surface area contributed by atoms with Gasteiger partial charge in [-0.15, -0.1) is 0 Å². The highest BCUT2D eigenvalue weighted by atomic mass is 16.5. The molecule has 2 rings (SSSR count). The van der Waals surface area contributed by atoms with Crippen LogP contribution in [0, 0.1) is 0 Å². The molecule has 0 bridgehead atoms. The number of benzene rings is 1. The number of rotatable bonds is 7. The van der Waals surface area contributed by atoms with Crippen molar-refractivity contribution < 1.29 is 9.47 Å². The lowest BCUT2D eigenvalue weighted by molar-refractivity contribution is 0.262. The van der Waals surface area contributed by atoms with Crippen molar-refractivity contribution in [2.75, 3.05) is 19.0 Å². The van der Waals surface area contributed by atoms with E-state index >= 15 is 0 Å². The number of pyridine rings is 1. The van der Waals surface area contributed by atoms with E-state index in [0.29, 0.717) is 13.2 Å². The summed E-state index contributed by atoms with van der Waals surface area (Å²) in [6, 6.07) is 11.6. The van der Waals surface area contributed by atoms with Gasteiger partial charge >= 0.3 is 0 Å². The molecule has 4 heteroatoms. The maximum Gasteiger partial charge on any atom is 0.161 e. The fourth-order valence-corrected chi connectivity index (χ4v) is 1.76. The fourth-order valence-electron chi connectivity index (χ4n) is 1.76. The van der Waals surface area contributed by atoms with Gasteiger partial charge in [0.1, 0.15) is 12.4 Å². The first-order valence-electron chi connectivity index (χ1n) is 6.80. The Morgan fingerprint density at radius 1 is 1.10 bits per heavy atom. The standard InChI is InChI=1S/C16H20N2O2/c1-3-10-19-14-6-4-5-7-15(14)20-12-13-8-9-18-16(11-13)17-2/h4-9,11H,3,10,12H2,1-2H3,(H,17,18). The molecule has 0 atom stereocenters. The third-order valence-corrected chi connectivity index (χ3v) is 2.79. The van der Waals surface area contributed by atoms with Crippen LogP contribution in [-0.4, -0.2) is 18.6 Å². The normalized spacial score (nSPS) is 10.1. The molecule has 1 aromatic carbocycles. The number of hydrogen-bond acceptors (Lipinski definition) is 4. The summed E-state index contributed by atoms with van der Waals surface area (Å²) in [7, 11) is 1.85. The molecule has 0 aliphatic heterocycles. The van der Waals surface area contributed by atoms with E-state index in [2.05, 4.69) is 17.2 Å². The van der Waals surface area contributed by atoms with Crippen LogP contribution in [-0.2, 0) is 6.61 Å². The molecule has 1 heterocycles. The Labute approximate surface area is 119 Å². The van der Waals surface area contributed by atoms with Crippen LogP contribution in [0.5, 0.6) is 11.5 Å². The van der Waals surface area contributed by atoms with Crippen LogP contribution in [0.4, 0.5) is 5.82 Å². The van der Waals surface area contributed by atoms with Crippen LogP contribution in [0.25, 0.3) is 0 Å². The van der Waals surface area contributed by atoms with Crippen molar-refractivity contribution in [3.05, 3.63) is 48.2 Å². The van der Waals surface area contributed by atoms with Crippen molar-refractivity contribution in [1.29, 1.82) is 0 Å². The van der Waals surface area contributed by atoms with Crippen LogP contribution < -0.4 is 14.8 Å². The summed E-state index contributed by atoms with van der Waals surface area (Å²) >= 11 is 0. The van der Waals surface area contributed by atoms with Crippen molar-refractivity contribution in [1.82, 2.24) is 4.98 Å². The summed E-state index contributed by atoms with van der Waals surface area (Å²) in [5, 5.41) is 3.01. The third kappa shape index (κ3) is 3.88. The molecule has 0 spiro atoms. The van der Waals surface area contributed by atoms with Gasteiger partial charge in [0.2, 0.25) is 0 Å². The number of hydrogen-bond donors (Lipinski definition) is 1. The minimum Gasteiger partial charge on any atom is -0.490 e. The lowest BCUT2D eigenvalue weighted by Gasteiger charge is -2.12. The average molecular weight is 272 g/mol. The SMILES string of the molecule is CCCOc1ccccc1OCc1ccnc(NC)c1. The molecule has 20 heavy (non-hydrogen) atoms. The number of aromatic nitrogens is 1. The number of anilines is 1. The molecule has 1 aromatic heterocycles. The van der Waals surface area contributed by atoms with E-state index in [1.165, 1.54) is 0 Å². The highest BCUT2D eigenvalue weighted by Gasteiger charge is 2.04. The van der Waals surface area contributed by atoms with E-state index < -0.39 is 0 Å². The predicted molar refractivity (Wildman–Crippen MR) is 80.3 cm³/mol. The van der Waals surface area contributed by atoms with Crippen molar-refractivity contribution in [2.45, 2.75) is 20.0 Å². The van der Waals surface area contributed by atoms with Gasteiger partial charge in [0.05, 0.1) is 6.61 Å². The van der Waals surface area contributed by atoms with Gasteiger partial charge < -0.3 is 14.8 Å². The molecule has 0 radical (unpaired) electrons. The Balaban J connectivity index is 2.02. The van der Waals surface area contributed by atoms with E-state index in [1.807, 2.05) is 43.4 Å². The molecule has 0 aliphatic rings. The highest BCUT2D eigenvalue weighted by molar-refractivity contribution is 5.40. The molecular weight excluding hydrogens is 252 g/mol. The van der Waals surface area contributed by atoms with Gasteiger partial charge in [0, 0.05) is 13.2 Å². The van der Waals surface area contributed by atoms with Crippen LogP contribution in [0.15, 0.2) is 42.6 Å². The first-order chi connectivity index (χ1) is 9.83. The van der Waals surface area contributed by atoms with Crippen LogP contribution >= 0.6 is 0 Å². The summed E-state index contributed by atoms with van der Waals surface area (Å²) in [5.74, 6) is 2.39. The quantitative estimate of drug-likeness (QED) is 0.838. The summed E-state index contributed by atoms with van der Waals surface area (Å²) in [5.41, 5.74) is 1.06. The third-order valence-electron chi connectivity index (χ3n) is 2.79. The molecule has 1 N–H and O–H groups in total. The Morgan fingerprint density at radius 3 is 2.55 bits per heavy atom. The lowest BCUT2D eigenvalue weighted by Crippen LogP contribution is -2.01. The number of nitrogens with one attached hydrogen (secondary N) is 1. The topological polar surface area (TPSA) is 43.4 Å². The second-order valence-corrected chi connectivity index (χ2v) is 4.38. The van der Waals surface area contributed by atoms with E-state index in [9.17, 15) is 0 Å². The van der Waals surface area contributed by atoms with E-state index in [4.69, 9.17) is 9.47 Å². The lowest BCUT2D eigenvalue weighted by atomic mass is 10.2. The molecular formula is C16H20N2O2. The molecule has 0 fully saturated rings. The molecule has 4 nitrogen and oxygen atoms in total. The minimum atomic E-state index is 0.490. The Kier molecular flexibility index (Phi) is 5.24. The monoisotopic (exact) mass is 272 g/mol. The van der Waals surface area contributed by atoms with Crippen LogP contribution in [0.3, 0.4) is 0 Å². The van der Waals surface area contributed by atoms with Crippen molar-refractivity contribution >= 4 is 5.82 Å². The second kappa shape index (κ2) is 7.38. The van der Waals surface area contributed by atoms with Gasteiger partial charge in [-0.1, -0.05) is 19.1 Å². The molecule has 0 saturated carbocycles. The summed E-state index contributed by atoms with van der Waals surface area (Å²) < 4.78 is 11.5. The van der Waals surface area contributed by atoms with Crippen molar-refractivity contribution in [3.8, 4) is 11.5 Å². The van der Waals surface area contributed by atoms with Crippen LogP contribution in [0.1, 0.15) is 18.9 Å². The summed E-state index contributed by atoms with van der Waals surface area (Å²) in [6.07, 6.45) is 2.74. The van der Waals surface area contributed by atoms with Crippen molar-refractivity contribution in [3.63, 3.8) is 0 Å². The van der Waals surface area contributed by atoms with Gasteiger partial charge in [-0.05, 0) is 36.2 Å². The summed E-state index contributed by atoms with van der Waals surface area (Å²) in [4.78, 5) is 4.18. The molecule has 106 valence electrons. The second-order valence-electron chi connectivity index (χ2n) is 4.38. The maximum atomic E-state index is 5.84. The van der Waals surface area contributed by atoms with Gasteiger partial charge in [0.25, 0.3) is 0 Å². The average Bonchev–Trinajstić information content (AvgIpc) is 2.52. The van der Waals surface area contributed by atoms with Gasteiger partial charge in [-0.2, -0.15) is 0 Å². The predicted octanol–water partition coefficient (Wildman–Crippen LogP) is 3.49. The molecule has 0 unspecified atom stereocenters. The smallest absolute Gasteiger partial charge is 0.161 e. The maximum absolute atomic E-state index is 5.84. The van der Waals surface area contributed by atoms with E-state index in [1.54, 1.807) is 6.20 Å². The zero-order chi connectivity index (χ0) is 14.2. The van der Waals surface area contributed by atoms with Crippen LogP contribution in [0.2, 0.25) is 0 Å². The molecule has 2 aromatic rings. The number of para-hydroxylation sites is 2. The van der Waals surface area contributed by atoms with E-state index in [-0.39, 0.29) is 0 Å². The Bertz CT molecular complexity index is 544. The Morgan fingerprint density at radius 2 is 1.85 bits per heavy atom. The summed E-state index contributed by atoms with van der Waals surface area (Å²) in [6.45, 7) is 3.27. The first-order valence-corrected chi connectivity index (χ1v) is 6.80.